The molecule has 92 valence electrons. The van der Waals surface area contributed by atoms with Crippen molar-refractivity contribution in [2.45, 2.75) is 0 Å². The Kier molecular flexibility index (Phi) is 3.75. The summed E-state index contributed by atoms with van der Waals surface area (Å²) in [5.74, 6) is 0.970. The van der Waals surface area contributed by atoms with Crippen molar-refractivity contribution in [2.75, 3.05) is 0 Å². The molecule has 0 amide bonds. The molecular formula is C13H10Cl2N2O. The minimum absolute atomic E-state index is 0.0735. The van der Waals surface area contributed by atoms with Gasteiger partial charge in [0.05, 0.1) is 5.56 Å². The minimum Gasteiger partial charge on any atom is -0.457 e. The Balaban J connectivity index is 2.35. The maximum absolute atomic E-state index is 7.48. The molecule has 0 spiro atoms. The number of halogens is 2. The highest BCUT2D eigenvalue weighted by atomic mass is 35.5. The number of hydrogen-bond donors (Lipinski definition) is 2. The fraction of sp³-hybridized carbons (Fsp3) is 0. The van der Waals surface area contributed by atoms with Crippen LogP contribution in [0.2, 0.25) is 10.0 Å². The van der Waals surface area contributed by atoms with E-state index in [1.807, 2.05) is 0 Å². The zero-order valence-corrected chi connectivity index (χ0v) is 10.8. The molecule has 0 unspecified atom stereocenters. The van der Waals surface area contributed by atoms with Gasteiger partial charge in [0.15, 0.2) is 0 Å². The highest BCUT2D eigenvalue weighted by Gasteiger charge is 2.08. The van der Waals surface area contributed by atoms with Gasteiger partial charge in [-0.15, -0.1) is 0 Å². The molecule has 18 heavy (non-hydrogen) atoms. The molecule has 3 N–H and O–H groups in total. The Morgan fingerprint density at radius 3 is 2.22 bits per heavy atom. The highest BCUT2D eigenvalue weighted by Crippen LogP contribution is 2.28. The molecule has 0 aliphatic carbocycles. The summed E-state index contributed by atoms with van der Waals surface area (Å²) in [5.41, 5.74) is 5.98. The number of ether oxygens (including phenoxy) is 1. The van der Waals surface area contributed by atoms with Gasteiger partial charge in [-0.3, -0.25) is 5.41 Å². The van der Waals surface area contributed by atoms with Gasteiger partial charge >= 0.3 is 0 Å². The van der Waals surface area contributed by atoms with E-state index < -0.39 is 0 Å². The van der Waals surface area contributed by atoms with Crippen molar-refractivity contribution in [1.82, 2.24) is 0 Å². The van der Waals surface area contributed by atoms with Crippen molar-refractivity contribution in [3.05, 3.63) is 58.1 Å². The molecule has 0 saturated carbocycles. The van der Waals surface area contributed by atoms with Gasteiger partial charge in [0.2, 0.25) is 0 Å². The summed E-state index contributed by atoms with van der Waals surface area (Å²) in [6.07, 6.45) is 0. The molecular weight excluding hydrogens is 271 g/mol. The molecule has 0 aromatic heterocycles. The van der Waals surface area contributed by atoms with E-state index in [4.69, 9.17) is 39.1 Å². The van der Waals surface area contributed by atoms with E-state index in [2.05, 4.69) is 0 Å². The second-order valence-electron chi connectivity index (χ2n) is 3.61. The molecule has 0 bridgehead atoms. The predicted octanol–water partition coefficient (Wildman–Crippen LogP) is 4.07. The lowest BCUT2D eigenvalue weighted by Gasteiger charge is -2.10. The number of nitrogens with one attached hydrogen (secondary N) is 1. The summed E-state index contributed by atoms with van der Waals surface area (Å²) in [5, 5.41) is 8.62. The topological polar surface area (TPSA) is 59.1 Å². The lowest BCUT2D eigenvalue weighted by Crippen LogP contribution is -2.12. The summed E-state index contributed by atoms with van der Waals surface area (Å²) < 4.78 is 5.64. The quantitative estimate of drug-likeness (QED) is 0.658. The second kappa shape index (κ2) is 5.29. The van der Waals surface area contributed by atoms with E-state index in [9.17, 15) is 0 Å². The number of hydrogen-bond acceptors (Lipinski definition) is 2. The van der Waals surface area contributed by atoms with Crippen molar-refractivity contribution < 1.29 is 4.74 Å². The average Bonchev–Trinajstić information content (AvgIpc) is 2.32. The number of nitrogen functional groups attached to an aromatic ring is 1. The van der Waals surface area contributed by atoms with Crippen LogP contribution >= 0.6 is 23.2 Å². The van der Waals surface area contributed by atoms with Crippen LogP contribution < -0.4 is 10.5 Å². The van der Waals surface area contributed by atoms with Crippen LogP contribution in [0, 0.1) is 5.41 Å². The molecule has 0 aliphatic heterocycles. The number of amidine groups is 1. The SMILES string of the molecule is N=C(N)c1ccc(Cl)cc1Oc1ccc(Cl)cc1. The van der Waals surface area contributed by atoms with Gasteiger partial charge in [0.1, 0.15) is 17.3 Å². The summed E-state index contributed by atoms with van der Waals surface area (Å²) >= 11 is 11.7. The first-order valence-electron chi connectivity index (χ1n) is 5.13. The maximum Gasteiger partial charge on any atom is 0.139 e. The van der Waals surface area contributed by atoms with Crippen LogP contribution in [0.25, 0.3) is 0 Å². The molecule has 2 rings (SSSR count). The van der Waals surface area contributed by atoms with Gasteiger partial charge < -0.3 is 10.5 Å². The van der Waals surface area contributed by atoms with E-state index >= 15 is 0 Å². The van der Waals surface area contributed by atoms with Gasteiger partial charge in [-0.25, -0.2) is 0 Å². The van der Waals surface area contributed by atoms with E-state index in [1.165, 1.54) is 0 Å². The molecule has 0 radical (unpaired) electrons. The number of benzene rings is 2. The lowest BCUT2D eigenvalue weighted by atomic mass is 10.2. The smallest absolute Gasteiger partial charge is 0.139 e. The third-order valence-corrected chi connectivity index (χ3v) is 2.76. The molecule has 0 heterocycles. The van der Waals surface area contributed by atoms with Gasteiger partial charge in [0.25, 0.3) is 0 Å². The fourth-order valence-corrected chi connectivity index (χ4v) is 1.72. The Labute approximate surface area is 115 Å². The largest absolute Gasteiger partial charge is 0.457 e. The van der Waals surface area contributed by atoms with Crippen molar-refractivity contribution in [3.63, 3.8) is 0 Å². The first kappa shape index (κ1) is 12.7. The standard InChI is InChI=1S/C13H10Cl2N2O/c14-8-1-4-10(5-2-8)18-12-7-9(15)3-6-11(12)13(16)17/h1-7H,(H3,16,17). The molecule has 0 atom stereocenters. The average molecular weight is 281 g/mol. The fourth-order valence-electron chi connectivity index (χ4n) is 1.43. The Morgan fingerprint density at radius 2 is 1.61 bits per heavy atom. The van der Waals surface area contributed by atoms with Crippen LogP contribution in [0.5, 0.6) is 11.5 Å². The first-order valence-corrected chi connectivity index (χ1v) is 5.89. The summed E-state index contributed by atoms with van der Waals surface area (Å²) in [4.78, 5) is 0. The minimum atomic E-state index is -0.0735. The van der Waals surface area contributed by atoms with Gasteiger partial charge in [0, 0.05) is 16.1 Å². The van der Waals surface area contributed by atoms with Crippen molar-refractivity contribution in [1.29, 1.82) is 5.41 Å². The van der Waals surface area contributed by atoms with Crippen molar-refractivity contribution >= 4 is 29.0 Å². The molecule has 5 heteroatoms. The molecule has 2 aromatic carbocycles. The van der Waals surface area contributed by atoms with Crippen LogP contribution in [0.4, 0.5) is 0 Å². The Hall–Kier alpha value is -1.71. The van der Waals surface area contributed by atoms with Crippen LogP contribution in [-0.2, 0) is 0 Å². The molecule has 0 aliphatic rings. The summed E-state index contributed by atoms with van der Waals surface area (Å²) in [6, 6.07) is 11.8. The van der Waals surface area contributed by atoms with Gasteiger partial charge in [-0.1, -0.05) is 23.2 Å². The van der Waals surface area contributed by atoms with Crippen LogP contribution in [0.3, 0.4) is 0 Å². The third-order valence-electron chi connectivity index (χ3n) is 2.28. The Morgan fingerprint density at radius 1 is 1.00 bits per heavy atom. The zero-order valence-electron chi connectivity index (χ0n) is 9.28. The number of nitrogens with two attached hydrogens (primary N) is 1. The molecule has 3 nitrogen and oxygen atoms in total. The van der Waals surface area contributed by atoms with E-state index in [0.29, 0.717) is 27.1 Å². The zero-order chi connectivity index (χ0) is 13.1. The molecule has 0 fully saturated rings. The van der Waals surface area contributed by atoms with Crippen molar-refractivity contribution in [2.24, 2.45) is 5.73 Å². The van der Waals surface area contributed by atoms with E-state index in [1.54, 1.807) is 42.5 Å². The van der Waals surface area contributed by atoms with Crippen molar-refractivity contribution in [3.8, 4) is 11.5 Å². The monoisotopic (exact) mass is 280 g/mol. The predicted molar refractivity (Wildman–Crippen MR) is 74.0 cm³/mol. The second-order valence-corrected chi connectivity index (χ2v) is 4.48. The Bertz CT molecular complexity index is 582. The third kappa shape index (κ3) is 2.94. The van der Waals surface area contributed by atoms with Crippen LogP contribution in [0.15, 0.2) is 42.5 Å². The maximum atomic E-state index is 7.48. The molecule has 2 aromatic rings. The highest BCUT2D eigenvalue weighted by molar-refractivity contribution is 6.31. The lowest BCUT2D eigenvalue weighted by molar-refractivity contribution is 0.481. The van der Waals surface area contributed by atoms with E-state index in [0.717, 1.165) is 0 Å². The summed E-state index contributed by atoms with van der Waals surface area (Å²) in [7, 11) is 0. The van der Waals surface area contributed by atoms with Gasteiger partial charge in [-0.05, 0) is 36.4 Å². The first-order chi connectivity index (χ1) is 8.56. The normalized spacial score (nSPS) is 10.1. The van der Waals surface area contributed by atoms with Crippen LogP contribution in [-0.4, -0.2) is 5.84 Å². The summed E-state index contributed by atoms with van der Waals surface area (Å²) in [6.45, 7) is 0. The number of rotatable bonds is 3. The van der Waals surface area contributed by atoms with Gasteiger partial charge in [-0.2, -0.15) is 0 Å². The molecule has 0 saturated heterocycles. The van der Waals surface area contributed by atoms with E-state index in [-0.39, 0.29) is 5.84 Å². The van der Waals surface area contributed by atoms with Crippen LogP contribution in [0.1, 0.15) is 5.56 Å².